The van der Waals surface area contributed by atoms with Gasteiger partial charge in [-0.25, -0.2) is 4.98 Å². The largest absolute Gasteiger partial charge is 0.378 e. The Balaban J connectivity index is 1.36. The summed E-state index contributed by atoms with van der Waals surface area (Å²) in [6.07, 6.45) is 7.80. The molecule has 1 aliphatic carbocycles. The lowest BCUT2D eigenvalue weighted by Gasteiger charge is -2.39. The monoisotopic (exact) mass is 381 g/mol. The van der Waals surface area contributed by atoms with E-state index < -0.39 is 0 Å². The Hall–Kier alpha value is -2.25. The lowest BCUT2D eigenvalue weighted by molar-refractivity contribution is 0.122. The number of nitrogens with one attached hydrogen (secondary N) is 1. The predicted octanol–water partition coefficient (Wildman–Crippen LogP) is 1.48. The topological polar surface area (TPSA) is 74.3 Å². The van der Waals surface area contributed by atoms with Crippen LogP contribution < -0.4 is 10.5 Å². The van der Waals surface area contributed by atoms with Crippen LogP contribution >= 0.6 is 0 Å². The third kappa shape index (κ3) is 3.22. The number of anilines is 1. The molecule has 2 aromatic rings. The molecule has 1 spiro atoms. The highest BCUT2D eigenvalue weighted by Gasteiger charge is 2.44. The third-order valence-electron chi connectivity index (χ3n) is 6.61. The summed E-state index contributed by atoms with van der Waals surface area (Å²) in [5.74, 6) is 0.728. The van der Waals surface area contributed by atoms with Gasteiger partial charge in [0.05, 0.1) is 18.9 Å². The fraction of sp³-hybridized carbons (Fsp3) is 0.571. The molecular formula is C21H27N5O2. The van der Waals surface area contributed by atoms with Gasteiger partial charge in [-0.1, -0.05) is 6.07 Å². The minimum atomic E-state index is 0.0566. The number of rotatable bonds is 3. The lowest BCUT2D eigenvalue weighted by atomic mass is 9.76. The summed E-state index contributed by atoms with van der Waals surface area (Å²) < 4.78 is 5.44. The normalized spacial score (nSPS) is 21.8. The van der Waals surface area contributed by atoms with Crippen LogP contribution in [0.1, 0.15) is 36.1 Å². The quantitative estimate of drug-likeness (QED) is 0.868. The van der Waals surface area contributed by atoms with E-state index in [-0.39, 0.29) is 11.0 Å². The average molecular weight is 381 g/mol. The van der Waals surface area contributed by atoms with Gasteiger partial charge in [0, 0.05) is 43.0 Å². The molecule has 7 nitrogen and oxygen atoms in total. The van der Waals surface area contributed by atoms with E-state index in [4.69, 9.17) is 9.72 Å². The zero-order chi connectivity index (χ0) is 19.0. The van der Waals surface area contributed by atoms with Crippen molar-refractivity contribution in [1.29, 1.82) is 0 Å². The van der Waals surface area contributed by atoms with Crippen LogP contribution in [0.5, 0.6) is 0 Å². The van der Waals surface area contributed by atoms with Gasteiger partial charge in [-0.3, -0.25) is 19.7 Å². The summed E-state index contributed by atoms with van der Waals surface area (Å²) in [5, 5.41) is 0. The minimum Gasteiger partial charge on any atom is -0.378 e. The summed E-state index contributed by atoms with van der Waals surface area (Å²) in [7, 11) is 0. The highest BCUT2D eigenvalue weighted by Crippen LogP contribution is 2.44. The first-order chi connectivity index (χ1) is 13.7. The van der Waals surface area contributed by atoms with Crippen LogP contribution in [0.15, 0.2) is 29.3 Å². The van der Waals surface area contributed by atoms with E-state index in [0.717, 1.165) is 75.6 Å². The standard InChI is InChI=1S/C21H27N5O2/c27-19-17-3-4-21(18(17)23-20(24-19)26-10-12-28-13-11-26)5-8-25(9-6-21)15-16-2-1-7-22-14-16/h1-2,7,14H,3-6,8-13,15H2,(H,23,24,27). The fourth-order valence-corrected chi connectivity index (χ4v) is 4.94. The van der Waals surface area contributed by atoms with Crippen LogP contribution in [-0.2, 0) is 23.1 Å². The number of piperidine rings is 1. The molecule has 1 N–H and O–H groups in total. The number of pyridine rings is 1. The van der Waals surface area contributed by atoms with Crippen molar-refractivity contribution >= 4 is 5.95 Å². The van der Waals surface area contributed by atoms with Crippen molar-refractivity contribution in [2.24, 2.45) is 0 Å². The molecule has 7 heteroatoms. The maximum Gasteiger partial charge on any atom is 0.255 e. The Kier molecular flexibility index (Phi) is 4.64. The predicted molar refractivity (Wildman–Crippen MR) is 107 cm³/mol. The fourth-order valence-electron chi connectivity index (χ4n) is 4.94. The molecule has 0 radical (unpaired) electrons. The second kappa shape index (κ2) is 7.29. The van der Waals surface area contributed by atoms with Gasteiger partial charge in [0.2, 0.25) is 5.95 Å². The number of likely N-dealkylation sites (tertiary alicyclic amines) is 1. The summed E-state index contributed by atoms with van der Waals surface area (Å²) >= 11 is 0. The molecule has 0 atom stereocenters. The van der Waals surface area contributed by atoms with Crippen molar-refractivity contribution in [2.45, 2.75) is 37.6 Å². The second-order valence-corrected chi connectivity index (χ2v) is 8.23. The van der Waals surface area contributed by atoms with Crippen LogP contribution in [0, 0.1) is 0 Å². The molecule has 0 aromatic carbocycles. The molecular weight excluding hydrogens is 354 g/mol. The molecule has 2 fully saturated rings. The number of hydrogen-bond acceptors (Lipinski definition) is 6. The Labute approximate surface area is 164 Å². The summed E-state index contributed by atoms with van der Waals surface area (Å²) in [5.41, 5.74) is 3.36. The van der Waals surface area contributed by atoms with Crippen LogP contribution in [0.2, 0.25) is 0 Å². The first-order valence-electron chi connectivity index (χ1n) is 10.3. The van der Waals surface area contributed by atoms with Crippen molar-refractivity contribution in [3.8, 4) is 0 Å². The Morgan fingerprint density at radius 3 is 2.71 bits per heavy atom. The number of morpholine rings is 1. The van der Waals surface area contributed by atoms with E-state index in [1.165, 1.54) is 5.56 Å². The molecule has 4 heterocycles. The smallest absolute Gasteiger partial charge is 0.255 e. The lowest BCUT2D eigenvalue weighted by Crippen LogP contribution is -2.43. The van der Waals surface area contributed by atoms with Gasteiger partial charge in [-0.05, 0) is 50.4 Å². The van der Waals surface area contributed by atoms with Crippen molar-refractivity contribution < 1.29 is 4.74 Å². The number of fused-ring (bicyclic) bond motifs is 2. The van der Waals surface area contributed by atoms with Crippen molar-refractivity contribution in [3.63, 3.8) is 0 Å². The molecule has 0 unspecified atom stereocenters. The van der Waals surface area contributed by atoms with Gasteiger partial charge in [0.1, 0.15) is 0 Å². The summed E-state index contributed by atoms with van der Waals surface area (Å²) in [4.78, 5) is 29.6. The van der Waals surface area contributed by atoms with Gasteiger partial charge in [0.15, 0.2) is 0 Å². The first-order valence-corrected chi connectivity index (χ1v) is 10.3. The zero-order valence-corrected chi connectivity index (χ0v) is 16.2. The number of aromatic amines is 1. The number of H-pyrrole nitrogens is 1. The van der Waals surface area contributed by atoms with Crippen molar-refractivity contribution in [3.05, 3.63) is 51.7 Å². The minimum absolute atomic E-state index is 0.0566. The maximum absolute atomic E-state index is 12.7. The van der Waals surface area contributed by atoms with E-state index in [1.807, 2.05) is 18.5 Å². The molecule has 5 rings (SSSR count). The molecule has 3 aliphatic rings. The van der Waals surface area contributed by atoms with Gasteiger partial charge in [0.25, 0.3) is 5.56 Å². The van der Waals surface area contributed by atoms with Crippen LogP contribution in [0.4, 0.5) is 5.95 Å². The second-order valence-electron chi connectivity index (χ2n) is 8.23. The first kappa shape index (κ1) is 17.8. The van der Waals surface area contributed by atoms with Crippen LogP contribution in [0.25, 0.3) is 0 Å². The summed E-state index contributed by atoms with van der Waals surface area (Å²) in [6, 6.07) is 4.13. The van der Waals surface area contributed by atoms with Crippen LogP contribution in [0.3, 0.4) is 0 Å². The summed E-state index contributed by atoms with van der Waals surface area (Å²) in [6.45, 7) is 5.97. The van der Waals surface area contributed by atoms with E-state index in [2.05, 4.69) is 25.8 Å². The molecule has 2 aromatic heterocycles. The molecule has 0 bridgehead atoms. The van der Waals surface area contributed by atoms with E-state index >= 15 is 0 Å². The number of nitrogens with zero attached hydrogens (tertiary/aromatic N) is 4. The Morgan fingerprint density at radius 2 is 1.96 bits per heavy atom. The molecule has 2 saturated heterocycles. The third-order valence-corrected chi connectivity index (χ3v) is 6.61. The highest BCUT2D eigenvalue weighted by molar-refractivity contribution is 5.40. The molecule has 2 aliphatic heterocycles. The zero-order valence-electron chi connectivity index (χ0n) is 16.2. The SMILES string of the molecule is O=c1[nH]c(N2CCOCC2)nc2c1CCC21CCN(Cc2cccnc2)CC1. The maximum atomic E-state index is 12.7. The van der Waals surface area contributed by atoms with E-state index in [9.17, 15) is 4.79 Å². The highest BCUT2D eigenvalue weighted by atomic mass is 16.5. The van der Waals surface area contributed by atoms with Gasteiger partial charge < -0.3 is 9.64 Å². The molecule has 148 valence electrons. The van der Waals surface area contributed by atoms with Crippen molar-refractivity contribution in [2.75, 3.05) is 44.3 Å². The molecule has 28 heavy (non-hydrogen) atoms. The molecule has 0 saturated carbocycles. The van der Waals surface area contributed by atoms with E-state index in [0.29, 0.717) is 13.2 Å². The number of aromatic nitrogens is 3. The average Bonchev–Trinajstić information content (AvgIpc) is 3.10. The number of ether oxygens (including phenoxy) is 1. The number of hydrogen-bond donors (Lipinski definition) is 1. The van der Waals surface area contributed by atoms with Crippen molar-refractivity contribution in [1.82, 2.24) is 19.9 Å². The Bertz CT molecular complexity index is 883. The molecule has 0 amide bonds. The van der Waals surface area contributed by atoms with Gasteiger partial charge in [-0.15, -0.1) is 0 Å². The van der Waals surface area contributed by atoms with Crippen LogP contribution in [-0.4, -0.2) is 59.2 Å². The van der Waals surface area contributed by atoms with E-state index in [1.54, 1.807) is 0 Å². The van der Waals surface area contributed by atoms with Gasteiger partial charge >= 0.3 is 0 Å². The Morgan fingerprint density at radius 1 is 1.14 bits per heavy atom. The van der Waals surface area contributed by atoms with Gasteiger partial charge in [-0.2, -0.15) is 0 Å².